The van der Waals surface area contributed by atoms with Crippen molar-refractivity contribution in [1.82, 2.24) is 0 Å². The van der Waals surface area contributed by atoms with Gasteiger partial charge in [-0.3, -0.25) is 19.2 Å². The first-order valence-electron chi connectivity index (χ1n) is 43.2. The number of rotatable bonds is 28. The summed E-state index contributed by atoms with van der Waals surface area (Å²) in [7, 11) is 1.46. The number of fused-ring (bicyclic) bond motifs is 7. The quantitative estimate of drug-likeness (QED) is 0.0125. The summed E-state index contributed by atoms with van der Waals surface area (Å²) in [5, 5.41) is 225. The second-order valence-electron chi connectivity index (χ2n) is 38.5. The first-order valence-corrected chi connectivity index (χ1v) is 43.2. The van der Waals surface area contributed by atoms with Crippen molar-refractivity contribution in [2.24, 2.45) is 50.2 Å². The van der Waals surface area contributed by atoms with Crippen LogP contribution in [-0.4, -0.2) is 387 Å². The maximum atomic E-state index is 16.7. The monoisotopic (exact) mass is 1820 g/mol. The van der Waals surface area contributed by atoms with Gasteiger partial charge in [0.2, 0.25) is 6.29 Å². The Morgan fingerprint density at radius 1 is 0.551 bits per heavy atom. The van der Waals surface area contributed by atoms with Crippen LogP contribution in [0.15, 0.2) is 42.0 Å². The SMILES string of the molecule is COc1ccc(C=CC(=O)O[C@@H]2[C@H](O[C@@H]3O[C@@H](C)[C@H](O)[C@@H](O)[C@H]3O)[C@@H](O[C@@H]3O[C@@H](C)[C@H](O[C@@H]4OC[C@@H](O)[C@H](O[C@@H]5O[C@H](CO)[C@@H](O)[C@@H]5O)[C@H]4O)[C@@H](O[C@@H]4OC[C@](O)(COC(=O)C[C@@](C)(O)CC(=O)O)[C@H]4O)[C@H]3O)[C@H](OC(=O)[C@]34CCC(C)(C)C[C@H]3C3=CC[C@@H]5[C@@]6(C)C[C@H](O)[C@H](O[C@@H]7O[C@H](CO)[C@@H](O)[C@H](O)[C@H]7O)[C@@](C)(C(=O)O)[C@@H]6CC[C@@]5(C)[C@]3(CO)CC4)O[C@@H]2C)cc1. The van der Waals surface area contributed by atoms with Gasteiger partial charge in [-0.05, 0) is 150 Å². The average Bonchev–Trinajstić information content (AvgIpc) is 1.19. The second kappa shape index (κ2) is 38.2. The normalized spacial score (nSPS) is 47.8. The number of aliphatic carboxylic acids is 2. The standard InChI is InChI=1S/C85H126O42/c1-35-51(95)54(98)57(101)70(115-35)124-65-62(120-49(93)18-13-38-11-14-39(111-10)15-12-38)37(3)117-74(66(65)125-73-60(104)64(123-75-67(105)85(110,34-114-75)33-113-50(94)28-79(6,109)27-48(91)92)61(36(2)116-73)121-69-59(103)63(43(90)31-112-69)122-71-56(100)53(97)45(30-87)118-71)127-77(108)83-22-21-78(4,5)25-41(83)40-16-17-46-80(7)26-42(89)68(126-72-58(102)55(99)52(96)44(29-86)119-72)82(9,76(106)107)47(80)19-20-81(46,8)84(40,32-88)24-23-83/h11-16,18,35-37,41-47,51-75,86-90,95-105,109-110H,17,19-34H2,1-10H3,(H,91,92)(H,106,107)/t35-,36-,37+,41-,42-,43+,44+,45+,46+,47+,51-,52+,53+,54+,55-,56-,57+,58+,59+,60+,61-,62-,63-,64-,65-,66+,67-,68-,69-,70-,71-,72-,73-,74-,75-,79-,80+,81+,82-,83-,84-,85+/m0/s1. The van der Waals surface area contributed by atoms with Crippen LogP contribution < -0.4 is 4.74 Å². The average molecular weight is 1820 g/mol. The van der Waals surface area contributed by atoms with Crippen molar-refractivity contribution in [3.63, 3.8) is 0 Å². The zero-order valence-electron chi connectivity index (χ0n) is 72.2. The number of benzene rings is 1. The Balaban J connectivity index is 0.864. The summed E-state index contributed by atoms with van der Waals surface area (Å²) in [6.45, 7) is 9.78. The van der Waals surface area contributed by atoms with Crippen molar-refractivity contribution in [3.8, 4) is 5.75 Å². The molecule has 0 unspecified atom stereocenters. The first-order chi connectivity index (χ1) is 59.6. The molecule has 0 bridgehead atoms. The minimum absolute atomic E-state index is 0.00484. The van der Waals surface area contributed by atoms with Crippen molar-refractivity contribution < 1.29 is 207 Å². The highest BCUT2D eigenvalue weighted by Crippen LogP contribution is 2.76. The zero-order valence-corrected chi connectivity index (χ0v) is 72.2. The molecule has 11 fully saturated rings. The molecule has 1 aromatic rings. The van der Waals surface area contributed by atoms with Gasteiger partial charge in [-0.2, -0.15) is 0 Å². The third-order valence-electron chi connectivity index (χ3n) is 29.7. The maximum Gasteiger partial charge on any atom is 0.331 e. The van der Waals surface area contributed by atoms with E-state index in [2.05, 4.69) is 0 Å². The summed E-state index contributed by atoms with van der Waals surface area (Å²) in [4.78, 5) is 70.1. The molecule has 718 valence electrons. The van der Waals surface area contributed by atoms with E-state index < -0.39 is 340 Å². The minimum atomic E-state index is -2.60. The van der Waals surface area contributed by atoms with Gasteiger partial charge in [0.1, 0.15) is 128 Å². The van der Waals surface area contributed by atoms with Crippen LogP contribution in [0.3, 0.4) is 0 Å². The molecule has 42 nitrogen and oxygen atoms in total. The third-order valence-corrected chi connectivity index (χ3v) is 29.7. The number of esters is 3. The number of aliphatic hydroxyl groups is 18. The summed E-state index contributed by atoms with van der Waals surface area (Å²) in [6.07, 6.45) is -55.4. The van der Waals surface area contributed by atoms with Gasteiger partial charge in [0.15, 0.2) is 55.5 Å². The second-order valence-corrected chi connectivity index (χ2v) is 38.5. The van der Waals surface area contributed by atoms with Gasteiger partial charge in [0.25, 0.3) is 0 Å². The Hall–Kier alpha value is -5.39. The highest BCUT2D eigenvalue weighted by molar-refractivity contribution is 5.87. The molecule has 0 amide bonds. The van der Waals surface area contributed by atoms with E-state index in [1.807, 2.05) is 33.8 Å². The lowest BCUT2D eigenvalue weighted by Crippen LogP contribution is -2.71. The van der Waals surface area contributed by atoms with Crippen LogP contribution in [-0.2, 0) is 99.8 Å². The summed E-state index contributed by atoms with van der Waals surface area (Å²) in [5.74, 6) is -7.61. The molecule has 7 heterocycles. The van der Waals surface area contributed by atoms with Gasteiger partial charge < -0.3 is 183 Å². The van der Waals surface area contributed by atoms with Gasteiger partial charge in [0.05, 0.1) is 93.8 Å². The Morgan fingerprint density at radius 3 is 1.75 bits per heavy atom. The van der Waals surface area contributed by atoms with Crippen molar-refractivity contribution in [2.75, 3.05) is 46.8 Å². The lowest BCUT2D eigenvalue weighted by atomic mass is 9.33. The number of methoxy groups -OCH3 is 1. The lowest BCUT2D eigenvalue weighted by Gasteiger charge is -2.71. The van der Waals surface area contributed by atoms with Crippen LogP contribution >= 0.6 is 0 Å². The van der Waals surface area contributed by atoms with Crippen LogP contribution in [0.25, 0.3) is 6.08 Å². The molecule has 127 heavy (non-hydrogen) atoms. The topological polar surface area (TPSA) is 647 Å². The fourth-order valence-corrected chi connectivity index (χ4v) is 22.4. The molecule has 42 heteroatoms. The number of hydrogen-bond acceptors (Lipinski definition) is 40. The lowest BCUT2D eigenvalue weighted by molar-refractivity contribution is -0.398. The molecule has 0 aromatic heterocycles. The van der Waals surface area contributed by atoms with Gasteiger partial charge in [-0.25, -0.2) is 4.79 Å². The van der Waals surface area contributed by atoms with E-state index in [0.717, 1.165) is 13.0 Å². The smallest absolute Gasteiger partial charge is 0.331 e. The Kier molecular flexibility index (Phi) is 29.8. The molecular weight excluding hydrogens is 1690 g/mol. The molecule has 7 aliphatic heterocycles. The number of hydrogen-bond donors (Lipinski definition) is 20. The third kappa shape index (κ3) is 18.7. The highest BCUT2D eigenvalue weighted by Gasteiger charge is 2.75. The van der Waals surface area contributed by atoms with Crippen LogP contribution in [0, 0.1) is 50.2 Å². The number of allylic oxidation sites excluding steroid dienone is 1. The predicted molar refractivity (Wildman–Crippen MR) is 421 cm³/mol. The van der Waals surface area contributed by atoms with E-state index in [9.17, 15) is 121 Å². The molecule has 4 saturated carbocycles. The van der Waals surface area contributed by atoms with Crippen molar-refractivity contribution in [1.29, 1.82) is 0 Å². The number of carbonyl (C=O) groups is 5. The number of ether oxygens (including phenoxy) is 17. The van der Waals surface area contributed by atoms with Gasteiger partial charge in [-0.1, -0.05) is 51.5 Å². The molecule has 12 aliphatic rings. The van der Waals surface area contributed by atoms with Gasteiger partial charge in [-0.15, -0.1) is 0 Å². The first kappa shape index (κ1) is 99.1. The molecule has 13 rings (SSSR count). The zero-order chi connectivity index (χ0) is 92.8. The summed E-state index contributed by atoms with van der Waals surface area (Å²) < 4.78 is 105. The molecule has 7 saturated heterocycles. The predicted octanol–water partition coefficient (Wildman–Crippen LogP) is -4.11. The molecule has 20 N–H and O–H groups in total. The Labute approximate surface area is 730 Å². The number of aliphatic hydroxyl groups excluding tert-OH is 16. The highest BCUT2D eigenvalue weighted by atomic mass is 16.8. The van der Waals surface area contributed by atoms with Crippen LogP contribution in [0.1, 0.15) is 139 Å². The summed E-state index contributed by atoms with van der Waals surface area (Å²) in [6, 6.07) is 6.50. The van der Waals surface area contributed by atoms with E-state index >= 15 is 4.79 Å². The van der Waals surface area contributed by atoms with Gasteiger partial charge >= 0.3 is 29.8 Å². The molecular formula is C85H126O42. The van der Waals surface area contributed by atoms with Crippen molar-refractivity contribution in [3.05, 3.63) is 47.6 Å². The van der Waals surface area contributed by atoms with Gasteiger partial charge in [0, 0.05) is 11.5 Å². The minimum Gasteiger partial charge on any atom is -0.497 e. The molecule has 42 atom stereocenters. The van der Waals surface area contributed by atoms with Crippen LogP contribution in [0.5, 0.6) is 5.75 Å². The largest absolute Gasteiger partial charge is 0.497 e. The fraction of sp³-hybridized carbons (Fsp3) is 0.824. The van der Waals surface area contributed by atoms with E-state index in [1.165, 1.54) is 40.9 Å². The molecule has 0 radical (unpaired) electrons. The summed E-state index contributed by atoms with van der Waals surface area (Å²) >= 11 is 0. The molecule has 0 spiro atoms. The maximum absolute atomic E-state index is 16.7. The van der Waals surface area contributed by atoms with E-state index in [-0.39, 0.29) is 44.9 Å². The molecule has 1 aromatic carbocycles. The fourth-order valence-electron chi connectivity index (χ4n) is 22.4. The Bertz CT molecular complexity index is 4060. The van der Waals surface area contributed by atoms with Crippen LogP contribution in [0.4, 0.5) is 0 Å². The van der Waals surface area contributed by atoms with E-state index in [4.69, 9.17) is 80.5 Å². The number of carbonyl (C=O) groups excluding carboxylic acids is 3. The molecule has 5 aliphatic carbocycles. The van der Waals surface area contributed by atoms with Crippen LogP contribution in [0.2, 0.25) is 0 Å². The Morgan fingerprint density at radius 2 is 1.11 bits per heavy atom. The summed E-state index contributed by atoms with van der Waals surface area (Å²) in [5.41, 5.74) is -10.7. The van der Waals surface area contributed by atoms with Crippen molar-refractivity contribution in [2.45, 2.75) is 341 Å². The van der Waals surface area contributed by atoms with Crippen molar-refractivity contribution >= 4 is 35.9 Å². The number of carboxylic acids is 2. The van der Waals surface area contributed by atoms with E-state index in [0.29, 0.717) is 29.7 Å². The van der Waals surface area contributed by atoms with E-state index in [1.54, 1.807) is 24.3 Å². The number of carboxylic acid groups (broad SMARTS) is 2.